The lowest BCUT2D eigenvalue weighted by molar-refractivity contribution is -0.683. The lowest BCUT2D eigenvalue weighted by Crippen LogP contribution is -2.75. The molecule has 0 saturated heterocycles. The molecule has 0 bridgehead atoms. The normalized spacial score (nSPS) is 13.3. The van der Waals surface area contributed by atoms with Crippen molar-refractivity contribution in [1.82, 2.24) is 4.98 Å². The van der Waals surface area contributed by atoms with Crippen molar-refractivity contribution in [3.8, 4) is 0 Å². The number of aromatic nitrogens is 2. The Kier molecular flexibility index (Phi) is 15.8. The Morgan fingerprint density at radius 1 is 0.387 bits per heavy atom. The summed E-state index contributed by atoms with van der Waals surface area (Å²) in [6.07, 6.45) is -48.1. The van der Waals surface area contributed by atoms with E-state index in [1.165, 1.54) is 6.92 Å². The quantitative estimate of drug-likeness (QED) is 0.0660. The molecule has 0 atom stereocenters. The molecule has 6 aromatic rings. The van der Waals surface area contributed by atoms with E-state index in [0.717, 1.165) is 0 Å². The van der Waals surface area contributed by atoms with Crippen LogP contribution in [0.1, 0.15) is 72.1 Å². The molecule has 0 N–H and O–H groups in total. The number of Topliss-reactive ketones (excluding diaryl/α,β-unsaturated/α-hetero) is 2. The Labute approximate surface area is 404 Å². The van der Waals surface area contributed by atoms with Gasteiger partial charge in [-0.05, 0) is 31.2 Å². The summed E-state index contributed by atoms with van der Waals surface area (Å²) in [4.78, 5) is 27.5. The maximum absolute atomic E-state index is 14.2. The van der Waals surface area contributed by atoms with Crippen LogP contribution in [0, 0.1) is 0 Å². The summed E-state index contributed by atoms with van der Waals surface area (Å²) in [7, 11) is 0. The lowest BCUT2D eigenvalue weighted by Gasteiger charge is -2.46. The van der Waals surface area contributed by atoms with Gasteiger partial charge in [-0.25, -0.2) is 0 Å². The summed E-state index contributed by atoms with van der Waals surface area (Å²) < 4.78 is 343. The number of hydrogen-bond donors (Lipinski definition) is 0. The molecule has 1 heterocycles. The van der Waals surface area contributed by atoms with Crippen molar-refractivity contribution in [2.45, 2.75) is 62.9 Å². The van der Waals surface area contributed by atoms with E-state index in [1.807, 2.05) is 0 Å². The van der Waals surface area contributed by atoms with Crippen molar-refractivity contribution in [3.63, 3.8) is 0 Å². The van der Waals surface area contributed by atoms with Crippen LogP contribution in [0.3, 0.4) is 0 Å². The molecule has 6 rings (SSSR count). The molecule has 402 valence electrons. The average Bonchev–Trinajstić information content (AvgIpc) is 3.27. The lowest BCUT2D eigenvalue weighted by atomic mass is 9.12. The van der Waals surface area contributed by atoms with Crippen molar-refractivity contribution in [2.75, 3.05) is 0 Å². The van der Waals surface area contributed by atoms with Gasteiger partial charge in [0.2, 0.25) is 12.3 Å². The van der Waals surface area contributed by atoms with E-state index in [4.69, 9.17) is 0 Å². The minimum atomic E-state index is -6.13. The van der Waals surface area contributed by atoms with Crippen molar-refractivity contribution in [3.05, 3.63) is 177 Å². The van der Waals surface area contributed by atoms with E-state index in [1.54, 1.807) is 53.6 Å². The first-order valence-corrected chi connectivity index (χ1v) is 20.2. The van der Waals surface area contributed by atoms with E-state index in [-0.39, 0.29) is 18.1 Å². The Bertz CT molecular complexity index is 2640. The Hall–Kier alpha value is -7.10. The fourth-order valence-electron chi connectivity index (χ4n) is 7.81. The second kappa shape index (κ2) is 20.2. The molecule has 0 aliphatic carbocycles. The minimum Gasteiger partial charge on any atom is -0.294 e. The van der Waals surface area contributed by atoms with Gasteiger partial charge in [-0.1, -0.05) is 72.8 Å². The summed E-state index contributed by atoms with van der Waals surface area (Å²) in [6, 6.07) is -1.94. The number of rotatable bonds is 8. The minimum absolute atomic E-state index is 0.0861. The fourth-order valence-corrected chi connectivity index (χ4v) is 7.81. The number of ketones is 2. The Morgan fingerprint density at radius 3 is 0.827 bits per heavy atom. The predicted octanol–water partition coefficient (Wildman–Crippen LogP) is 12.7. The number of hydrogen-bond acceptors (Lipinski definition) is 3. The fraction of sp³-hybridized carbons (Fsp3) is 0.217. The predicted molar refractivity (Wildman–Crippen MR) is 215 cm³/mol. The second-order valence-electron chi connectivity index (χ2n) is 16.2. The highest BCUT2D eigenvalue weighted by Gasteiger charge is 2.47. The highest BCUT2D eigenvalue weighted by Crippen LogP contribution is 2.41. The van der Waals surface area contributed by atoms with E-state index in [2.05, 4.69) is 4.98 Å². The monoisotopic (exact) mass is 1100 g/mol. The molecule has 29 heteroatoms. The molecule has 0 aliphatic heterocycles. The van der Waals surface area contributed by atoms with Gasteiger partial charge >= 0.3 is 49.4 Å². The molecule has 0 saturated carbocycles. The van der Waals surface area contributed by atoms with E-state index in [0.29, 0.717) is 11.1 Å². The molecular weight excluding hydrogens is 1080 g/mol. The summed E-state index contributed by atoms with van der Waals surface area (Å²) >= 11 is 0. The zero-order valence-corrected chi connectivity index (χ0v) is 36.6. The van der Waals surface area contributed by atoms with Gasteiger partial charge in [-0.3, -0.25) is 14.6 Å². The maximum Gasteiger partial charge on any atom is 0.416 e. The number of halogens is 24. The molecular formula is C46H25BF24N2O2. The van der Waals surface area contributed by atoms with Crippen molar-refractivity contribution >= 4 is 39.6 Å². The molecule has 5 aromatic carbocycles. The van der Waals surface area contributed by atoms with Crippen LogP contribution < -0.4 is 26.4 Å². The molecule has 75 heavy (non-hydrogen) atoms. The first-order chi connectivity index (χ1) is 33.9. The number of alkyl halides is 24. The van der Waals surface area contributed by atoms with Gasteiger partial charge in [-0.2, -0.15) is 132 Å². The molecule has 1 aromatic heterocycles. The summed E-state index contributed by atoms with van der Waals surface area (Å²) in [5.74, 6) is -0.185. The van der Waals surface area contributed by atoms with Crippen molar-refractivity contribution in [2.24, 2.45) is 0 Å². The van der Waals surface area contributed by atoms with Gasteiger partial charge in [0.25, 0.3) is 0 Å². The number of carbonyl (C=O) groups excluding carboxylic acids is 2. The largest absolute Gasteiger partial charge is 0.416 e. The van der Waals surface area contributed by atoms with Crippen LogP contribution >= 0.6 is 0 Å². The van der Waals surface area contributed by atoms with Gasteiger partial charge in [0.05, 0.1) is 56.9 Å². The number of nitrogens with zero attached hydrogens (tertiary/aromatic N) is 2. The topological polar surface area (TPSA) is 50.9 Å². The van der Waals surface area contributed by atoms with E-state index >= 15 is 0 Å². The molecule has 0 unspecified atom stereocenters. The molecule has 0 amide bonds. The van der Waals surface area contributed by atoms with Crippen molar-refractivity contribution in [1.29, 1.82) is 0 Å². The van der Waals surface area contributed by atoms with E-state index in [9.17, 15) is 115 Å². The van der Waals surface area contributed by atoms with Crippen LogP contribution in [0.2, 0.25) is 0 Å². The van der Waals surface area contributed by atoms with Crippen LogP contribution in [0.4, 0.5) is 105 Å². The maximum atomic E-state index is 14.2. The Balaban J connectivity index is 0.000000483. The zero-order chi connectivity index (χ0) is 56.9. The molecule has 0 fully saturated rings. The van der Waals surface area contributed by atoms with Gasteiger partial charge in [-0.15, -0.1) is 0 Å². The van der Waals surface area contributed by atoms with Crippen LogP contribution in [-0.2, 0) is 56.0 Å². The van der Waals surface area contributed by atoms with Gasteiger partial charge in [0.15, 0.2) is 18.2 Å². The third-order valence-corrected chi connectivity index (χ3v) is 11.1. The smallest absolute Gasteiger partial charge is 0.294 e. The summed E-state index contributed by atoms with van der Waals surface area (Å²) in [5, 5.41) is 0. The molecule has 0 aliphatic rings. The standard InChI is InChI=1S/C32H12BF24.C14H13N2O2/c34-25(35,36)13-1-14(26(37,38)39)6-21(5-13)33(22-7-15(27(40,41)42)2-16(8-22)28(43,44)45,23-9-17(29(46,47)48)3-18(10-23)30(49,50)51)24-11-19(31(52,53)54)4-20(12-24)32(55,56)57;1-11(17)12-4-2-3-5-13(12)14(18)10-16-8-6-15-7-9-16/h1-12H;2-9H,10H2,1H3/q-1;+1. The van der Waals surface area contributed by atoms with Crippen molar-refractivity contribution < 1.29 is 120 Å². The number of benzene rings is 5. The van der Waals surface area contributed by atoms with Crippen LogP contribution in [0.25, 0.3) is 0 Å². The average molecular weight is 1100 g/mol. The highest BCUT2D eigenvalue weighted by molar-refractivity contribution is 7.20. The third-order valence-electron chi connectivity index (χ3n) is 11.1. The van der Waals surface area contributed by atoms with Crippen LogP contribution in [0.15, 0.2) is 122 Å². The van der Waals surface area contributed by atoms with E-state index < -0.39 is 195 Å². The van der Waals surface area contributed by atoms with Gasteiger partial charge in [0.1, 0.15) is 6.15 Å². The molecule has 0 spiro atoms. The van der Waals surface area contributed by atoms with Gasteiger partial charge in [0, 0.05) is 11.1 Å². The first kappa shape index (κ1) is 58.8. The van der Waals surface area contributed by atoms with Crippen LogP contribution in [0.5, 0.6) is 0 Å². The summed E-state index contributed by atoms with van der Waals surface area (Å²) in [6.45, 7) is 1.67. The molecule has 4 nitrogen and oxygen atoms in total. The zero-order valence-electron chi connectivity index (χ0n) is 36.6. The first-order valence-electron chi connectivity index (χ1n) is 20.2. The SMILES string of the molecule is CC(=O)c1ccccc1C(=O)C[n+]1ccncc1.FC(F)(F)c1cc([B-](c2cc(C(F)(F)F)cc(C(F)(F)F)c2)(c2cc(C(F)(F)F)cc(C(F)(F)F)c2)c2cc(C(F)(F)F)cc(C(F)(F)F)c2)cc(C(F)(F)F)c1. The Morgan fingerprint density at radius 2 is 0.613 bits per heavy atom. The summed E-state index contributed by atoms with van der Waals surface area (Å²) in [5.41, 5.74) is -29.3. The highest BCUT2D eigenvalue weighted by atomic mass is 19.4. The number of carbonyl (C=O) groups is 2. The van der Waals surface area contributed by atoms with Gasteiger partial charge < -0.3 is 0 Å². The second-order valence-corrected chi connectivity index (χ2v) is 16.2. The third kappa shape index (κ3) is 13.6. The molecule has 0 radical (unpaired) electrons. The van der Waals surface area contributed by atoms with Crippen LogP contribution in [-0.4, -0.2) is 22.7 Å².